The number of rotatable bonds is 15. The van der Waals surface area contributed by atoms with Crippen LogP contribution in [0.5, 0.6) is 0 Å². The first-order valence-corrected chi connectivity index (χ1v) is 16.9. The van der Waals surface area contributed by atoms with Gasteiger partial charge in [0.2, 0.25) is 0 Å². The number of nitrogens with one attached hydrogen (secondary N) is 3. The summed E-state index contributed by atoms with van der Waals surface area (Å²) < 4.78 is 0. The summed E-state index contributed by atoms with van der Waals surface area (Å²) in [5, 5.41) is 36.5. The van der Waals surface area contributed by atoms with Gasteiger partial charge in [-0.2, -0.15) is 0 Å². The molecule has 57 heavy (non-hydrogen) atoms. The number of aliphatic imine (C=N–C) groups is 3. The Kier molecular flexibility index (Phi) is 21.9. The summed E-state index contributed by atoms with van der Waals surface area (Å²) in [6, 6.07) is 30.2. The molecule has 20 heteroatoms. The van der Waals surface area contributed by atoms with Crippen LogP contribution in [-0.2, 0) is 19.5 Å². The zero-order chi connectivity index (χ0) is 40.4. The molecule has 0 unspecified atom stereocenters. The van der Waals surface area contributed by atoms with Crippen LogP contribution in [0.1, 0.15) is 17.1 Å². The molecule has 3 aromatic carbocycles. The first kappa shape index (κ1) is 46.4. The van der Waals surface area contributed by atoms with Crippen molar-refractivity contribution in [1.29, 1.82) is 0 Å². The van der Waals surface area contributed by atoms with Gasteiger partial charge < -0.3 is 50.7 Å². The second kappa shape index (κ2) is 26.9. The van der Waals surface area contributed by atoms with Crippen molar-refractivity contribution in [3.63, 3.8) is 0 Å². The molecule has 292 valence electrons. The summed E-state index contributed by atoms with van der Waals surface area (Å²) in [4.78, 5) is 56.4. The number of hydrogen-bond acceptors (Lipinski definition) is 14. The van der Waals surface area contributed by atoms with E-state index >= 15 is 0 Å². The maximum Gasteiger partial charge on any atom is 2.00 e. The third kappa shape index (κ3) is 18.4. The molecule has 0 radical (unpaired) electrons. The third-order valence-electron chi connectivity index (χ3n) is 7.24. The van der Waals surface area contributed by atoms with E-state index < -0.39 is 10.2 Å². The molecular formula is C37H40N12O7Zn. The minimum atomic E-state index is -1.75. The molecule has 6 aromatic rings. The van der Waals surface area contributed by atoms with E-state index in [2.05, 4.69) is 49.8 Å². The predicted octanol–water partition coefficient (Wildman–Crippen LogP) is 4.94. The Bertz CT molecular complexity index is 1850. The number of aromatic nitrogens is 6. The molecule has 0 bridgehead atoms. The average Bonchev–Trinajstić information content (AvgIpc) is 4.00. The topological polar surface area (TPSA) is 279 Å². The predicted molar refractivity (Wildman–Crippen MR) is 215 cm³/mol. The number of H-pyrrole nitrogens is 3. The maximum absolute atomic E-state index is 8.25. The smallest absolute Gasteiger partial charge is 0.400 e. The fraction of sp³-hybridized carbons (Fsp3) is 0.189. The normalized spacial score (nSPS) is 10.6. The van der Waals surface area contributed by atoms with E-state index in [-0.39, 0.29) is 19.5 Å². The van der Waals surface area contributed by atoms with E-state index in [9.17, 15) is 0 Å². The number of benzene rings is 3. The first-order valence-electron chi connectivity index (χ1n) is 16.9. The van der Waals surface area contributed by atoms with Crippen LogP contribution in [0.15, 0.2) is 125 Å². The van der Waals surface area contributed by atoms with Gasteiger partial charge in [-0.05, 0) is 0 Å². The number of nitrogens with zero attached hydrogens (tertiary/aromatic N) is 9. The summed E-state index contributed by atoms with van der Waals surface area (Å²) in [6.45, 7) is 4.25. The molecule has 6 rings (SSSR count). The van der Waals surface area contributed by atoms with Gasteiger partial charge in [0, 0.05) is 80.7 Å². The fourth-order valence-corrected chi connectivity index (χ4v) is 4.85. The van der Waals surface area contributed by atoms with Crippen molar-refractivity contribution >= 4 is 18.6 Å². The standard InChI is InChI=1S/C36H36N10.CH4O.2NO3.Zn/c1-4-10-28(11-5-1)34-40-25-31(43-34)22-37-16-19-46(20-17-38-23-32-26-41-35(44-32)29-12-6-2-7-13-29)21-18-39-24-33-27-42-36(45-33)30-14-8-3-9-15-30;1-2;2*2-1(3)4;/h1-15,22-27H,16-21H2,(H,40,43)(H,41,44)(H,42,45);2H,1H3;;;/q;;2*-1;+2. The van der Waals surface area contributed by atoms with E-state index in [1.165, 1.54) is 0 Å². The van der Waals surface area contributed by atoms with Crippen LogP contribution in [0.4, 0.5) is 0 Å². The Morgan fingerprint density at radius 1 is 0.544 bits per heavy atom. The van der Waals surface area contributed by atoms with E-state index in [1.54, 1.807) is 0 Å². The van der Waals surface area contributed by atoms with Gasteiger partial charge >= 0.3 is 19.5 Å². The summed E-state index contributed by atoms with van der Waals surface area (Å²) in [6.07, 6.45) is 11.1. The third-order valence-corrected chi connectivity index (χ3v) is 7.24. The van der Waals surface area contributed by atoms with Crippen LogP contribution >= 0.6 is 0 Å². The maximum atomic E-state index is 8.25. The summed E-state index contributed by atoms with van der Waals surface area (Å²) in [7, 11) is 1.00. The van der Waals surface area contributed by atoms with E-state index in [4.69, 9.17) is 35.7 Å². The molecular weight excluding hydrogens is 790 g/mol. The Balaban J connectivity index is 0.000000922. The fourth-order valence-electron chi connectivity index (χ4n) is 4.85. The molecule has 0 aliphatic carbocycles. The Hall–Kier alpha value is -6.76. The Morgan fingerprint density at radius 3 is 1.04 bits per heavy atom. The molecule has 3 aromatic heterocycles. The zero-order valence-electron chi connectivity index (χ0n) is 31.0. The number of hydrogen-bond donors (Lipinski definition) is 4. The first-order chi connectivity index (χ1) is 27.3. The van der Waals surface area contributed by atoms with Crippen molar-refractivity contribution < 1.29 is 34.8 Å². The van der Waals surface area contributed by atoms with Crippen molar-refractivity contribution in [2.45, 2.75) is 0 Å². The second-order valence-electron chi connectivity index (χ2n) is 11.0. The van der Waals surface area contributed by atoms with Crippen LogP contribution in [0.25, 0.3) is 34.2 Å². The SMILES string of the molecule is C(=NCCN(CCN=Cc1c[nH]c(-c2ccccc2)n1)CCN=Cc1c[nH]c(-c2ccccc2)n1)c1c[nH]c(-c2ccccc2)n1.CO.O=[N+]([O-])[O-].O=[N+]([O-])[O-].[Zn+2]. The largest absolute Gasteiger partial charge is 2.00 e. The van der Waals surface area contributed by atoms with Crippen molar-refractivity contribution in [1.82, 2.24) is 34.8 Å². The zero-order valence-corrected chi connectivity index (χ0v) is 34.0. The van der Waals surface area contributed by atoms with E-state index in [0.29, 0.717) is 19.6 Å². The minimum Gasteiger partial charge on any atom is -0.400 e. The summed E-state index contributed by atoms with van der Waals surface area (Å²) >= 11 is 0. The van der Waals surface area contributed by atoms with Crippen LogP contribution < -0.4 is 0 Å². The minimum absolute atomic E-state index is 0. The van der Waals surface area contributed by atoms with Gasteiger partial charge in [-0.1, -0.05) is 91.0 Å². The van der Waals surface area contributed by atoms with Gasteiger partial charge in [0.25, 0.3) is 0 Å². The van der Waals surface area contributed by atoms with Crippen molar-refractivity contribution in [3.05, 3.63) is 157 Å². The van der Waals surface area contributed by atoms with Gasteiger partial charge in [-0.25, -0.2) is 15.0 Å². The van der Waals surface area contributed by atoms with Crippen LogP contribution in [0.3, 0.4) is 0 Å². The Morgan fingerprint density at radius 2 is 0.789 bits per heavy atom. The van der Waals surface area contributed by atoms with E-state index in [1.807, 2.05) is 128 Å². The molecule has 0 aliphatic heterocycles. The molecule has 19 nitrogen and oxygen atoms in total. The molecule has 0 amide bonds. The second-order valence-corrected chi connectivity index (χ2v) is 11.0. The number of imidazole rings is 3. The molecule has 4 N–H and O–H groups in total. The van der Waals surface area contributed by atoms with Crippen molar-refractivity contribution in [2.75, 3.05) is 46.4 Å². The summed E-state index contributed by atoms with van der Waals surface area (Å²) in [5.74, 6) is 2.50. The quantitative estimate of drug-likeness (QED) is 0.0465. The molecule has 0 aliphatic rings. The van der Waals surface area contributed by atoms with Gasteiger partial charge in [0.1, 0.15) is 17.5 Å². The molecule has 0 fully saturated rings. The number of aromatic amines is 3. The van der Waals surface area contributed by atoms with Crippen LogP contribution in [0.2, 0.25) is 0 Å². The monoisotopic (exact) mass is 828 g/mol. The van der Waals surface area contributed by atoms with Gasteiger partial charge in [-0.3, -0.25) is 19.9 Å². The molecule has 3 heterocycles. The number of aliphatic hydroxyl groups is 1. The average molecular weight is 830 g/mol. The van der Waals surface area contributed by atoms with Gasteiger partial charge in [0.15, 0.2) is 0 Å². The van der Waals surface area contributed by atoms with Crippen molar-refractivity contribution in [3.8, 4) is 34.2 Å². The van der Waals surface area contributed by atoms with Crippen LogP contribution in [0, 0.1) is 30.6 Å². The van der Waals surface area contributed by atoms with Crippen LogP contribution in [-0.4, -0.2) is 115 Å². The van der Waals surface area contributed by atoms with E-state index in [0.717, 1.165) is 78.0 Å². The summed E-state index contributed by atoms with van der Waals surface area (Å²) in [5.41, 5.74) is 5.57. The van der Waals surface area contributed by atoms with Crippen molar-refractivity contribution in [2.24, 2.45) is 15.0 Å². The number of aliphatic hydroxyl groups excluding tert-OH is 1. The molecule has 0 saturated carbocycles. The van der Waals surface area contributed by atoms with Gasteiger partial charge in [0.05, 0.1) is 46.9 Å². The molecule has 0 atom stereocenters. The molecule has 0 saturated heterocycles. The Labute approximate surface area is 340 Å². The van der Waals surface area contributed by atoms with Gasteiger partial charge in [-0.15, -0.1) is 0 Å². The molecule has 0 spiro atoms.